The second-order valence-electron chi connectivity index (χ2n) is 3.96. The Morgan fingerprint density at radius 2 is 1.90 bits per heavy atom. The number of hydrogen-bond acceptors (Lipinski definition) is 3. The standard InChI is InChI=1S/C14H12ClN3O2/c15-9-10-6-7-16-12(8-10)17-14(20)18-13(19)11-4-2-1-3-5-11/h1-8H,9H2,(H2,16,17,18,19,20). The molecule has 0 spiro atoms. The first-order valence-electron chi connectivity index (χ1n) is 5.87. The largest absolute Gasteiger partial charge is 0.327 e. The molecule has 2 rings (SSSR count). The zero-order chi connectivity index (χ0) is 14.4. The summed E-state index contributed by atoms with van der Waals surface area (Å²) >= 11 is 5.69. The van der Waals surface area contributed by atoms with Gasteiger partial charge in [-0.1, -0.05) is 18.2 Å². The average Bonchev–Trinajstić information content (AvgIpc) is 2.48. The second kappa shape index (κ2) is 6.68. The van der Waals surface area contributed by atoms with Crippen molar-refractivity contribution in [3.05, 3.63) is 59.8 Å². The zero-order valence-corrected chi connectivity index (χ0v) is 11.2. The van der Waals surface area contributed by atoms with Crippen LogP contribution in [-0.2, 0) is 5.88 Å². The molecule has 0 aliphatic rings. The van der Waals surface area contributed by atoms with Gasteiger partial charge in [-0.25, -0.2) is 9.78 Å². The van der Waals surface area contributed by atoms with E-state index in [9.17, 15) is 9.59 Å². The number of aromatic nitrogens is 1. The molecule has 0 atom stereocenters. The van der Waals surface area contributed by atoms with Crippen LogP contribution in [0.2, 0.25) is 0 Å². The monoisotopic (exact) mass is 289 g/mol. The number of halogens is 1. The van der Waals surface area contributed by atoms with Gasteiger partial charge < -0.3 is 0 Å². The van der Waals surface area contributed by atoms with Crippen molar-refractivity contribution in [2.24, 2.45) is 0 Å². The number of benzene rings is 1. The third-order valence-electron chi connectivity index (χ3n) is 2.48. The highest BCUT2D eigenvalue weighted by Crippen LogP contribution is 2.08. The Morgan fingerprint density at radius 1 is 1.15 bits per heavy atom. The topological polar surface area (TPSA) is 71.1 Å². The van der Waals surface area contributed by atoms with E-state index in [4.69, 9.17) is 11.6 Å². The molecule has 6 heteroatoms. The van der Waals surface area contributed by atoms with Gasteiger partial charge in [0.2, 0.25) is 0 Å². The number of anilines is 1. The summed E-state index contributed by atoms with van der Waals surface area (Å²) in [6, 6.07) is 11.2. The van der Waals surface area contributed by atoms with Gasteiger partial charge in [-0.3, -0.25) is 15.4 Å². The van der Waals surface area contributed by atoms with Crippen LogP contribution < -0.4 is 10.6 Å². The van der Waals surface area contributed by atoms with E-state index >= 15 is 0 Å². The number of amides is 3. The number of carbonyl (C=O) groups excluding carboxylic acids is 2. The Kier molecular flexibility index (Phi) is 4.68. The molecule has 102 valence electrons. The molecule has 1 aromatic heterocycles. The Morgan fingerprint density at radius 3 is 2.60 bits per heavy atom. The predicted octanol–water partition coefficient (Wildman–Crippen LogP) is 2.78. The Bertz CT molecular complexity index is 617. The SMILES string of the molecule is O=C(NC(=O)c1ccccc1)Nc1cc(CCl)ccn1. The quantitative estimate of drug-likeness (QED) is 0.854. The average molecular weight is 290 g/mol. The molecule has 0 radical (unpaired) electrons. The molecule has 5 nitrogen and oxygen atoms in total. The highest BCUT2D eigenvalue weighted by molar-refractivity contribution is 6.17. The molecular weight excluding hydrogens is 278 g/mol. The van der Waals surface area contributed by atoms with Gasteiger partial charge >= 0.3 is 6.03 Å². The van der Waals surface area contributed by atoms with Gasteiger partial charge in [0.15, 0.2) is 0 Å². The molecule has 3 amide bonds. The second-order valence-corrected chi connectivity index (χ2v) is 4.22. The highest BCUT2D eigenvalue weighted by Gasteiger charge is 2.10. The Labute approximate surface area is 121 Å². The number of carbonyl (C=O) groups is 2. The first-order valence-corrected chi connectivity index (χ1v) is 6.41. The maximum atomic E-state index is 11.8. The number of pyridine rings is 1. The fourth-order valence-electron chi connectivity index (χ4n) is 1.54. The van der Waals surface area contributed by atoms with Crippen LogP contribution in [0.4, 0.5) is 10.6 Å². The molecule has 2 aromatic rings. The molecule has 2 N–H and O–H groups in total. The molecule has 1 aromatic carbocycles. The molecule has 0 fully saturated rings. The Hall–Kier alpha value is -2.40. The van der Waals surface area contributed by atoms with Crippen LogP contribution in [0.3, 0.4) is 0 Å². The van der Waals surface area contributed by atoms with Crippen LogP contribution in [0, 0.1) is 0 Å². The van der Waals surface area contributed by atoms with Crippen molar-refractivity contribution >= 4 is 29.4 Å². The van der Waals surface area contributed by atoms with E-state index in [-0.39, 0.29) is 0 Å². The smallest absolute Gasteiger partial charge is 0.292 e. The lowest BCUT2D eigenvalue weighted by Crippen LogP contribution is -2.34. The summed E-state index contributed by atoms with van der Waals surface area (Å²) in [4.78, 5) is 27.4. The number of nitrogens with zero attached hydrogens (tertiary/aromatic N) is 1. The van der Waals surface area contributed by atoms with Crippen LogP contribution in [0.25, 0.3) is 0 Å². The van der Waals surface area contributed by atoms with E-state index in [0.29, 0.717) is 17.3 Å². The first-order chi connectivity index (χ1) is 9.69. The number of alkyl halides is 1. The van der Waals surface area contributed by atoms with E-state index in [0.717, 1.165) is 5.56 Å². The highest BCUT2D eigenvalue weighted by atomic mass is 35.5. The lowest BCUT2D eigenvalue weighted by atomic mass is 10.2. The summed E-state index contributed by atoms with van der Waals surface area (Å²) in [6.07, 6.45) is 1.53. The lowest BCUT2D eigenvalue weighted by Gasteiger charge is -2.06. The maximum absolute atomic E-state index is 11.8. The maximum Gasteiger partial charge on any atom is 0.327 e. The van der Waals surface area contributed by atoms with Gasteiger partial charge in [0.05, 0.1) is 0 Å². The molecule has 0 aliphatic heterocycles. The third kappa shape index (κ3) is 3.80. The summed E-state index contributed by atoms with van der Waals surface area (Å²) in [5.74, 6) is 0.181. The van der Waals surface area contributed by atoms with Crippen molar-refractivity contribution in [1.29, 1.82) is 0 Å². The number of imide groups is 1. The van der Waals surface area contributed by atoms with Gasteiger partial charge in [0, 0.05) is 17.6 Å². The number of urea groups is 1. The molecule has 20 heavy (non-hydrogen) atoms. The molecule has 0 bridgehead atoms. The van der Waals surface area contributed by atoms with E-state index in [1.807, 2.05) is 0 Å². The molecule has 0 aliphatic carbocycles. The molecule has 1 heterocycles. The minimum atomic E-state index is -0.641. The fourth-order valence-corrected chi connectivity index (χ4v) is 1.70. The van der Waals surface area contributed by atoms with E-state index in [2.05, 4.69) is 15.6 Å². The van der Waals surface area contributed by atoms with Crippen LogP contribution in [0.1, 0.15) is 15.9 Å². The van der Waals surface area contributed by atoms with Gasteiger partial charge in [-0.05, 0) is 29.8 Å². The molecular formula is C14H12ClN3O2. The van der Waals surface area contributed by atoms with Gasteiger partial charge in [-0.15, -0.1) is 11.6 Å². The molecule has 0 saturated carbocycles. The van der Waals surface area contributed by atoms with E-state index in [1.54, 1.807) is 42.5 Å². The number of hydrogen-bond donors (Lipinski definition) is 2. The van der Waals surface area contributed by atoms with Crippen molar-refractivity contribution in [3.63, 3.8) is 0 Å². The van der Waals surface area contributed by atoms with Crippen molar-refractivity contribution in [3.8, 4) is 0 Å². The lowest BCUT2D eigenvalue weighted by molar-refractivity contribution is 0.0967. The van der Waals surface area contributed by atoms with Gasteiger partial charge in [-0.2, -0.15) is 0 Å². The van der Waals surface area contributed by atoms with Crippen LogP contribution in [0.5, 0.6) is 0 Å². The summed E-state index contributed by atoms with van der Waals surface area (Å²) in [5, 5.41) is 4.70. The van der Waals surface area contributed by atoms with E-state index in [1.165, 1.54) is 6.20 Å². The van der Waals surface area contributed by atoms with Gasteiger partial charge in [0.25, 0.3) is 5.91 Å². The first kappa shape index (κ1) is 14.0. The summed E-state index contributed by atoms with van der Waals surface area (Å²) < 4.78 is 0. The normalized spacial score (nSPS) is 9.85. The van der Waals surface area contributed by atoms with Crippen LogP contribution in [-0.4, -0.2) is 16.9 Å². The number of rotatable bonds is 3. The zero-order valence-electron chi connectivity index (χ0n) is 10.5. The minimum absolute atomic E-state index is 0.321. The molecule has 0 saturated heterocycles. The summed E-state index contributed by atoms with van der Waals surface area (Å²) in [6.45, 7) is 0. The third-order valence-corrected chi connectivity index (χ3v) is 2.79. The van der Waals surface area contributed by atoms with Crippen LogP contribution >= 0.6 is 11.6 Å². The minimum Gasteiger partial charge on any atom is -0.292 e. The summed E-state index contributed by atoms with van der Waals surface area (Å²) in [7, 11) is 0. The summed E-state index contributed by atoms with van der Waals surface area (Å²) in [5.41, 5.74) is 1.23. The van der Waals surface area contributed by atoms with Crippen molar-refractivity contribution in [2.45, 2.75) is 5.88 Å². The molecule has 0 unspecified atom stereocenters. The van der Waals surface area contributed by atoms with Crippen LogP contribution in [0.15, 0.2) is 48.7 Å². The van der Waals surface area contributed by atoms with Gasteiger partial charge in [0.1, 0.15) is 5.82 Å². The predicted molar refractivity (Wildman–Crippen MR) is 76.7 cm³/mol. The van der Waals surface area contributed by atoms with Crippen molar-refractivity contribution in [1.82, 2.24) is 10.3 Å². The fraction of sp³-hybridized carbons (Fsp3) is 0.0714. The number of nitrogens with one attached hydrogen (secondary N) is 2. The Balaban J connectivity index is 1.97. The van der Waals surface area contributed by atoms with Crippen molar-refractivity contribution < 1.29 is 9.59 Å². The van der Waals surface area contributed by atoms with Crippen molar-refractivity contribution in [2.75, 3.05) is 5.32 Å². The van der Waals surface area contributed by atoms with E-state index < -0.39 is 11.9 Å².